The van der Waals surface area contributed by atoms with Gasteiger partial charge < -0.3 is 0 Å². The Kier molecular flexibility index (Phi) is 4.29. The number of anilines is 1. The van der Waals surface area contributed by atoms with E-state index in [2.05, 4.69) is 22.3 Å². The van der Waals surface area contributed by atoms with Crippen molar-refractivity contribution in [1.82, 2.24) is 14.8 Å². The fraction of sp³-hybridized carbons (Fsp3) is 0.286. The maximum absolute atomic E-state index is 12.9. The first-order valence-electron chi connectivity index (χ1n) is 9.43. The number of thiazole rings is 1. The van der Waals surface area contributed by atoms with Crippen LogP contribution in [0.5, 0.6) is 0 Å². The number of para-hydroxylation sites is 1. The Balaban J connectivity index is 1.44. The Hall–Kier alpha value is -2.51. The van der Waals surface area contributed by atoms with Crippen LogP contribution in [0.3, 0.4) is 0 Å². The average Bonchev–Trinajstić information content (AvgIpc) is 3.36. The lowest BCUT2D eigenvalue weighted by Crippen LogP contribution is -2.10. The van der Waals surface area contributed by atoms with Crippen molar-refractivity contribution in [2.75, 3.05) is 5.32 Å². The van der Waals surface area contributed by atoms with Crippen molar-refractivity contribution in [2.45, 2.75) is 33.1 Å². The minimum atomic E-state index is -0.0978. The van der Waals surface area contributed by atoms with E-state index >= 15 is 0 Å². The second kappa shape index (κ2) is 6.83. The zero-order valence-electron chi connectivity index (χ0n) is 15.7. The van der Waals surface area contributed by atoms with Crippen LogP contribution >= 0.6 is 22.7 Å². The van der Waals surface area contributed by atoms with Gasteiger partial charge in [-0.15, -0.1) is 22.7 Å². The van der Waals surface area contributed by atoms with Gasteiger partial charge in [0.2, 0.25) is 0 Å². The highest BCUT2D eigenvalue weighted by atomic mass is 32.1. The molecule has 0 spiro atoms. The van der Waals surface area contributed by atoms with E-state index in [1.54, 1.807) is 11.3 Å². The van der Waals surface area contributed by atoms with E-state index in [-0.39, 0.29) is 5.91 Å². The first kappa shape index (κ1) is 17.6. The molecule has 5 rings (SSSR count). The van der Waals surface area contributed by atoms with E-state index in [0.717, 1.165) is 40.1 Å². The van der Waals surface area contributed by atoms with E-state index in [1.807, 2.05) is 48.0 Å². The highest BCUT2D eigenvalue weighted by Crippen LogP contribution is 2.34. The minimum Gasteiger partial charge on any atom is -0.297 e. The maximum atomic E-state index is 12.9. The first-order valence-corrected chi connectivity index (χ1v) is 11.1. The third kappa shape index (κ3) is 3.04. The summed E-state index contributed by atoms with van der Waals surface area (Å²) >= 11 is 3.09. The van der Waals surface area contributed by atoms with Gasteiger partial charge in [0.15, 0.2) is 5.13 Å². The number of aryl methyl sites for hydroxylation is 2. The highest BCUT2D eigenvalue weighted by molar-refractivity contribution is 7.20. The lowest BCUT2D eigenvalue weighted by atomic mass is 9.93. The zero-order chi connectivity index (χ0) is 19.3. The average molecular weight is 409 g/mol. The van der Waals surface area contributed by atoms with Crippen molar-refractivity contribution < 1.29 is 4.79 Å². The summed E-state index contributed by atoms with van der Waals surface area (Å²) in [4.78, 5) is 20.5. The number of rotatable bonds is 3. The summed E-state index contributed by atoms with van der Waals surface area (Å²) < 4.78 is 1.91. The Morgan fingerprint density at radius 1 is 1.25 bits per heavy atom. The molecule has 5 nitrogen and oxygen atoms in total. The number of carbonyl (C=O) groups excluding carboxylic acids is 1. The van der Waals surface area contributed by atoms with Gasteiger partial charge >= 0.3 is 0 Å². The SMILES string of the molecule is Cc1nn(-c2ccccc2)c2sc(C(=O)Nc3nc4c(s3)C[C@@H](C)CC4)cc12. The minimum absolute atomic E-state index is 0.0978. The highest BCUT2D eigenvalue weighted by Gasteiger charge is 2.22. The predicted octanol–water partition coefficient (Wildman–Crippen LogP) is 5.23. The summed E-state index contributed by atoms with van der Waals surface area (Å²) in [5, 5.41) is 9.38. The Morgan fingerprint density at radius 3 is 2.89 bits per heavy atom. The first-order chi connectivity index (χ1) is 13.6. The van der Waals surface area contributed by atoms with Crippen molar-refractivity contribution in [1.29, 1.82) is 0 Å². The number of hydrogen-bond donors (Lipinski definition) is 1. The summed E-state index contributed by atoms with van der Waals surface area (Å²) in [6, 6.07) is 11.9. The second-order valence-corrected chi connectivity index (χ2v) is 9.47. The lowest BCUT2D eigenvalue weighted by Gasteiger charge is -2.15. The van der Waals surface area contributed by atoms with Crippen LogP contribution in [-0.2, 0) is 12.8 Å². The van der Waals surface area contributed by atoms with Crippen LogP contribution in [0.1, 0.15) is 39.3 Å². The van der Waals surface area contributed by atoms with Crippen LogP contribution in [0.15, 0.2) is 36.4 Å². The molecule has 142 valence electrons. The summed E-state index contributed by atoms with van der Waals surface area (Å²) in [6.45, 7) is 4.25. The summed E-state index contributed by atoms with van der Waals surface area (Å²) in [5.41, 5.74) is 3.08. The van der Waals surface area contributed by atoms with Gasteiger partial charge in [0.1, 0.15) is 4.83 Å². The number of amides is 1. The van der Waals surface area contributed by atoms with Gasteiger partial charge in [-0.05, 0) is 50.3 Å². The number of nitrogens with one attached hydrogen (secondary N) is 1. The van der Waals surface area contributed by atoms with Crippen LogP contribution in [0.4, 0.5) is 5.13 Å². The fourth-order valence-electron chi connectivity index (χ4n) is 3.66. The molecule has 0 fully saturated rings. The van der Waals surface area contributed by atoms with Crippen LogP contribution in [0.25, 0.3) is 15.9 Å². The van der Waals surface area contributed by atoms with Gasteiger partial charge in [0, 0.05) is 10.3 Å². The van der Waals surface area contributed by atoms with Crippen LogP contribution < -0.4 is 5.32 Å². The number of aromatic nitrogens is 3. The van der Waals surface area contributed by atoms with E-state index in [1.165, 1.54) is 22.6 Å². The predicted molar refractivity (Wildman–Crippen MR) is 115 cm³/mol. The molecule has 3 heterocycles. The van der Waals surface area contributed by atoms with Crippen molar-refractivity contribution in [3.8, 4) is 5.69 Å². The standard InChI is InChI=1S/C21H20N4OS2/c1-12-8-9-16-17(10-12)28-21(22-16)23-19(26)18-11-15-13(2)24-25(20(15)27-18)14-6-4-3-5-7-14/h3-7,11-12H,8-10H2,1-2H3,(H,22,23,26)/t12-/m0/s1. The van der Waals surface area contributed by atoms with E-state index in [9.17, 15) is 4.79 Å². The van der Waals surface area contributed by atoms with E-state index in [4.69, 9.17) is 0 Å². The molecule has 0 bridgehead atoms. The van der Waals surface area contributed by atoms with E-state index in [0.29, 0.717) is 15.9 Å². The topological polar surface area (TPSA) is 59.8 Å². The van der Waals surface area contributed by atoms with Crippen LogP contribution in [0, 0.1) is 12.8 Å². The van der Waals surface area contributed by atoms with Crippen LogP contribution in [-0.4, -0.2) is 20.7 Å². The number of nitrogens with zero attached hydrogens (tertiary/aromatic N) is 3. The third-order valence-corrected chi connectivity index (χ3v) is 7.32. The second-order valence-electron chi connectivity index (χ2n) is 7.35. The molecule has 1 amide bonds. The molecule has 0 saturated carbocycles. The molecule has 0 aliphatic heterocycles. The number of thiophene rings is 1. The fourth-order valence-corrected chi connectivity index (χ4v) is 5.90. The maximum Gasteiger partial charge on any atom is 0.267 e. The molecule has 1 aliphatic carbocycles. The number of benzene rings is 1. The van der Waals surface area contributed by atoms with Gasteiger partial charge in [0.05, 0.1) is 22.0 Å². The van der Waals surface area contributed by atoms with Crippen molar-refractivity contribution >= 4 is 43.9 Å². The largest absolute Gasteiger partial charge is 0.297 e. The number of fused-ring (bicyclic) bond motifs is 2. The van der Waals surface area contributed by atoms with Crippen molar-refractivity contribution in [3.63, 3.8) is 0 Å². The third-order valence-electron chi connectivity index (χ3n) is 5.18. The van der Waals surface area contributed by atoms with E-state index < -0.39 is 0 Å². The quantitative estimate of drug-likeness (QED) is 0.505. The summed E-state index contributed by atoms with van der Waals surface area (Å²) in [5.74, 6) is 0.599. The van der Waals surface area contributed by atoms with Gasteiger partial charge in [-0.25, -0.2) is 9.67 Å². The number of carbonyl (C=O) groups is 1. The van der Waals surface area contributed by atoms with Crippen molar-refractivity contribution in [3.05, 3.63) is 57.5 Å². The molecule has 0 radical (unpaired) electrons. The van der Waals surface area contributed by atoms with Gasteiger partial charge in [-0.2, -0.15) is 5.10 Å². The lowest BCUT2D eigenvalue weighted by molar-refractivity contribution is 0.103. The molecule has 1 aliphatic rings. The van der Waals surface area contributed by atoms with Gasteiger partial charge in [-0.3, -0.25) is 10.1 Å². The Bertz CT molecular complexity index is 1170. The normalized spacial score (nSPS) is 16.3. The summed E-state index contributed by atoms with van der Waals surface area (Å²) in [6.07, 6.45) is 3.26. The molecule has 1 atom stereocenters. The molecule has 1 N–H and O–H groups in total. The molecule has 1 aromatic carbocycles. The molecule has 7 heteroatoms. The molecular weight excluding hydrogens is 388 g/mol. The Morgan fingerprint density at radius 2 is 2.07 bits per heavy atom. The summed E-state index contributed by atoms with van der Waals surface area (Å²) in [7, 11) is 0. The number of hydrogen-bond acceptors (Lipinski definition) is 5. The molecule has 28 heavy (non-hydrogen) atoms. The zero-order valence-corrected chi connectivity index (χ0v) is 17.4. The van der Waals surface area contributed by atoms with Gasteiger partial charge in [0.25, 0.3) is 5.91 Å². The Labute approximate surface area is 171 Å². The van der Waals surface area contributed by atoms with Gasteiger partial charge in [-0.1, -0.05) is 25.1 Å². The molecular formula is C21H20N4OS2. The molecule has 3 aromatic heterocycles. The smallest absolute Gasteiger partial charge is 0.267 e. The van der Waals surface area contributed by atoms with Crippen molar-refractivity contribution in [2.24, 2.45) is 5.92 Å². The monoisotopic (exact) mass is 408 g/mol. The molecule has 0 saturated heterocycles. The molecule has 0 unspecified atom stereocenters. The van der Waals surface area contributed by atoms with Crippen LogP contribution in [0.2, 0.25) is 0 Å². The molecule has 4 aromatic rings.